The van der Waals surface area contributed by atoms with Gasteiger partial charge in [0.05, 0.1) is 13.0 Å². The van der Waals surface area contributed by atoms with Gasteiger partial charge in [0.25, 0.3) is 0 Å². The van der Waals surface area contributed by atoms with Crippen molar-refractivity contribution in [2.75, 3.05) is 46.1 Å². The van der Waals surface area contributed by atoms with Crippen molar-refractivity contribution in [1.82, 2.24) is 9.80 Å². The van der Waals surface area contributed by atoms with Crippen LogP contribution in [0.1, 0.15) is 12.8 Å². The third-order valence-electron chi connectivity index (χ3n) is 3.91. The summed E-state index contributed by atoms with van der Waals surface area (Å²) in [5.41, 5.74) is 6.32. The molecule has 0 aromatic heterocycles. The Morgan fingerprint density at radius 2 is 2.14 bits per heavy atom. The zero-order valence-electron chi connectivity index (χ0n) is 12.9. The molecule has 5 heteroatoms. The number of ether oxygens (including phenoxy) is 1. The van der Waals surface area contributed by atoms with E-state index in [9.17, 15) is 4.79 Å². The van der Waals surface area contributed by atoms with Crippen LogP contribution in [0.3, 0.4) is 0 Å². The van der Waals surface area contributed by atoms with Gasteiger partial charge in [0, 0.05) is 25.8 Å². The molecule has 0 aliphatic carbocycles. The second-order valence-electron chi connectivity index (χ2n) is 5.86. The summed E-state index contributed by atoms with van der Waals surface area (Å²) in [6, 6.07) is 7.22. The van der Waals surface area contributed by atoms with Gasteiger partial charge in [0.2, 0.25) is 5.91 Å². The van der Waals surface area contributed by atoms with Crippen LogP contribution in [0, 0.1) is 5.92 Å². The molecule has 5 nitrogen and oxygen atoms in total. The number of carbonyl (C=O) groups is 1. The predicted octanol–water partition coefficient (Wildman–Crippen LogP) is 1.45. The van der Waals surface area contributed by atoms with E-state index in [1.807, 2.05) is 24.1 Å². The Morgan fingerprint density at radius 1 is 1.43 bits per heavy atom. The van der Waals surface area contributed by atoms with Crippen LogP contribution in [0.2, 0.25) is 0 Å². The molecule has 1 fully saturated rings. The third-order valence-corrected chi connectivity index (χ3v) is 3.91. The number of hydrogen-bond acceptors (Lipinski definition) is 4. The minimum absolute atomic E-state index is 0.139. The van der Waals surface area contributed by atoms with Crippen molar-refractivity contribution in [1.29, 1.82) is 0 Å². The van der Waals surface area contributed by atoms with Gasteiger partial charge in [-0.3, -0.25) is 4.79 Å². The molecule has 1 aliphatic heterocycles. The number of carbonyl (C=O) groups excluding carboxylic acids is 1. The lowest BCUT2D eigenvalue weighted by atomic mass is 10.1. The van der Waals surface area contributed by atoms with Gasteiger partial charge in [-0.05, 0) is 50.2 Å². The van der Waals surface area contributed by atoms with Gasteiger partial charge in [-0.1, -0.05) is 0 Å². The van der Waals surface area contributed by atoms with E-state index in [-0.39, 0.29) is 5.91 Å². The molecule has 21 heavy (non-hydrogen) atoms. The molecular weight excluding hydrogens is 266 g/mol. The van der Waals surface area contributed by atoms with Crippen molar-refractivity contribution >= 4 is 11.6 Å². The molecule has 0 bridgehead atoms. The summed E-state index contributed by atoms with van der Waals surface area (Å²) in [4.78, 5) is 16.2. The molecule has 116 valence electrons. The van der Waals surface area contributed by atoms with Gasteiger partial charge in [-0.2, -0.15) is 0 Å². The minimum atomic E-state index is 0.139. The molecular formula is C16H25N3O2. The Hall–Kier alpha value is -1.75. The second kappa shape index (κ2) is 7.31. The Labute approximate surface area is 126 Å². The number of nitrogens with two attached hydrogens (primary N) is 1. The van der Waals surface area contributed by atoms with Crippen molar-refractivity contribution in [2.45, 2.75) is 12.8 Å². The highest BCUT2D eigenvalue weighted by Crippen LogP contribution is 2.16. The smallest absolute Gasteiger partial charge is 0.225 e. The maximum Gasteiger partial charge on any atom is 0.225 e. The SMILES string of the molecule is CN1CCC(CN(C)C(=O)CCOc2ccc(N)cc2)C1. The highest BCUT2D eigenvalue weighted by atomic mass is 16.5. The molecule has 0 spiro atoms. The number of amides is 1. The molecule has 0 radical (unpaired) electrons. The van der Waals surface area contributed by atoms with Crippen molar-refractivity contribution in [3.63, 3.8) is 0 Å². The highest BCUT2D eigenvalue weighted by molar-refractivity contribution is 5.76. The summed E-state index contributed by atoms with van der Waals surface area (Å²) < 4.78 is 5.56. The lowest BCUT2D eigenvalue weighted by Gasteiger charge is -2.21. The Kier molecular flexibility index (Phi) is 5.44. The first-order valence-corrected chi connectivity index (χ1v) is 7.45. The maximum absolute atomic E-state index is 12.1. The van der Waals surface area contributed by atoms with Crippen LogP contribution in [0.15, 0.2) is 24.3 Å². The topological polar surface area (TPSA) is 58.8 Å². The lowest BCUT2D eigenvalue weighted by Crippen LogP contribution is -2.33. The van der Waals surface area contributed by atoms with Crippen LogP contribution in [0.4, 0.5) is 5.69 Å². The van der Waals surface area contributed by atoms with Crippen LogP contribution in [0.5, 0.6) is 5.75 Å². The summed E-state index contributed by atoms with van der Waals surface area (Å²) in [5.74, 6) is 1.49. The molecule has 0 saturated carbocycles. The minimum Gasteiger partial charge on any atom is -0.493 e. The molecule has 2 N–H and O–H groups in total. The number of nitrogens with zero attached hydrogens (tertiary/aromatic N) is 2. The van der Waals surface area contributed by atoms with E-state index < -0.39 is 0 Å². The maximum atomic E-state index is 12.1. The Balaban J connectivity index is 1.67. The fourth-order valence-electron chi connectivity index (χ4n) is 2.68. The first kappa shape index (κ1) is 15.6. The number of benzene rings is 1. The van der Waals surface area contributed by atoms with Crippen molar-refractivity contribution in [3.05, 3.63) is 24.3 Å². The monoisotopic (exact) mass is 291 g/mol. The van der Waals surface area contributed by atoms with Crippen molar-refractivity contribution in [2.24, 2.45) is 5.92 Å². The highest BCUT2D eigenvalue weighted by Gasteiger charge is 2.22. The average Bonchev–Trinajstić information content (AvgIpc) is 2.86. The first-order valence-electron chi connectivity index (χ1n) is 7.45. The standard InChI is InChI=1S/C16H25N3O2/c1-18-9-7-13(11-18)12-19(2)16(20)8-10-21-15-5-3-14(17)4-6-15/h3-6,13H,7-12,17H2,1-2H3. The number of likely N-dealkylation sites (tertiary alicyclic amines) is 1. The van der Waals surface area contributed by atoms with Gasteiger partial charge in [0.15, 0.2) is 0 Å². The van der Waals surface area contributed by atoms with Gasteiger partial charge >= 0.3 is 0 Å². The van der Waals surface area contributed by atoms with E-state index in [2.05, 4.69) is 11.9 Å². The molecule has 1 aliphatic rings. The van der Waals surface area contributed by atoms with Gasteiger partial charge in [0.1, 0.15) is 5.75 Å². The quantitative estimate of drug-likeness (QED) is 0.806. The van der Waals surface area contributed by atoms with E-state index >= 15 is 0 Å². The van der Waals surface area contributed by atoms with Gasteiger partial charge < -0.3 is 20.3 Å². The normalized spacial score (nSPS) is 18.7. The molecule has 1 unspecified atom stereocenters. The van der Waals surface area contributed by atoms with Crippen molar-refractivity contribution < 1.29 is 9.53 Å². The van der Waals surface area contributed by atoms with Crippen LogP contribution < -0.4 is 10.5 Å². The van der Waals surface area contributed by atoms with Crippen LogP contribution >= 0.6 is 0 Å². The summed E-state index contributed by atoms with van der Waals surface area (Å²) in [5, 5.41) is 0. The predicted molar refractivity (Wildman–Crippen MR) is 84.2 cm³/mol. The lowest BCUT2D eigenvalue weighted by molar-refractivity contribution is -0.130. The van der Waals surface area contributed by atoms with E-state index in [4.69, 9.17) is 10.5 Å². The zero-order chi connectivity index (χ0) is 15.2. The Morgan fingerprint density at radius 3 is 2.76 bits per heavy atom. The third kappa shape index (κ3) is 4.93. The van der Waals surface area contributed by atoms with E-state index in [0.29, 0.717) is 24.6 Å². The van der Waals surface area contributed by atoms with Crippen LogP contribution in [0.25, 0.3) is 0 Å². The van der Waals surface area contributed by atoms with Crippen LogP contribution in [-0.4, -0.2) is 56.0 Å². The summed E-state index contributed by atoms with van der Waals surface area (Å²) in [6.45, 7) is 3.45. The summed E-state index contributed by atoms with van der Waals surface area (Å²) >= 11 is 0. The molecule has 1 heterocycles. The molecule has 1 aromatic rings. The number of rotatable bonds is 6. The average molecular weight is 291 g/mol. The first-order chi connectivity index (χ1) is 10.0. The van der Waals surface area contributed by atoms with Gasteiger partial charge in [-0.25, -0.2) is 0 Å². The van der Waals surface area contributed by atoms with E-state index in [0.717, 1.165) is 25.4 Å². The summed E-state index contributed by atoms with van der Waals surface area (Å²) in [6.07, 6.45) is 1.58. The molecule has 1 saturated heterocycles. The number of hydrogen-bond donors (Lipinski definition) is 1. The molecule has 1 atom stereocenters. The van der Waals surface area contributed by atoms with Gasteiger partial charge in [-0.15, -0.1) is 0 Å². The largest absolute Gasteiger partial charge is 0.493 e. The van der Waals surface area contributed by atoms with Crippen LogP contribution in [-0.2, 0) is 4.79 Å². The fraction of sp³-hybridized carbons (Fsp3) is 0.562. The summed E-state index contributed by atoms with van der Waals surface area (Å²) in [7, 11) is 4.01. The molecule has 1 amide bonds. The van der Waals surface area contributed by atoms with E-state index in [1.54, 1.807) is 12.1 Å². The number of nitrogen functional groups attached to an aromatic ring is 1. The van der Waals surface area contributed by atoms with Crippen molar-refractivity contribution in [3.8, 4) is 5.75 Å². The Bertz CT molecular complexity index is 461. The number of anilines is 1. The van der Waals surface area contributed by atoms with E-state index in [1.165, 1.54) is 6.42 Å². The molecule has 1 aromatic carbocycles. The second-order valence-corrected chi connectivity index (χ2v) is 5.86. The fourth-order valence-corrected chi connectivity index (χ4v) is 2.68. The zero-order valence-corrected chi connectivity index (χ0v) is 12.9. The molecule has 2 rings (SSSR count).